The lowest BCUT2D eigenvalue weighted by atomic mass is 10.1. The minimum Gasteiger partial charge on any atom is -0.463 e. The van der Waals surface area contributed by atoms with Crippen molar-refractivity contribution in [2.45, 2.75) is 6.92 Å². The summed E-state index contributed by atoms with van der Waals surface area (Å²) in [5.41, 5.74) is 1.40. The molecule has 0 aliphatic carbocycles. The predicted octanol–water partition coefficient (Wildman–Crippen LogP) is 2.04. The lowest BCUT2D eigenvalue weighted by molar-refractivity contribution is -0.138. The Balaban J connectivity index is 1.58. The minimum absolute atomic E-state index is 0.0138. The van der Waals surface area contributed by atoms with Crippen LogP contribution in [0.2, 0.25) is 0 Å². The van der Waals surface area contributed by atoms with Gasteiger partial charge in [-0.25, -0.2) is 29.3 Å². The van der Waals surface area contributed by atoms with Gasteiger partial charge in [0.25, 0.3) is 0 Å². The van der Waals surface area contributed by atoms with Crippen LogP contribution in [0.4, 0.5) is 4.79 Å². The average Bonchev–Trinajstić information content (AvgIpc) is 3.22. The fourth-order valence-corrected chi connectivity index (χ4v) is 3.86. The number of carbonyl (C=O) groups excluding carboxylic acids is 3. The highest BCUT2D eigenvalue weighted by molar-refractivity contribution is 7.21. The zero-order valence-corrected chi connectivity index (χ0v) is 17.2. The van der Waals surface area contributed by atoms with E-state index in [1.807, 2.05) is 24.3 Å². The van der Waals surface area contributed by atoms with Crippen molar-refractivity contribution >= 4 is 39.5 Å². The van der Waals surface area contributed by atoms with Crippen molar-refractivity contribution in [1.29, 1.82) is 0 Å². The van der Waals surface area contributed by atoms with Gasteiger partial charge in [0.1, 0.15) is 17.3 Å². The third-order valence-corrected chi connectivity index (χ3v) is 5.36. The van der Waals surface area contributed by atoms with Crippen molar-refractivity contribution in [1.82, 2.24) is 25.6 Å². The molecule has 31 heavy (non-hydrogen) atoms. The van der Waals surface area contributed by atoms with Crippen molar-refractivity contribution in [3.8, 4) is 10.7 Å². The number of aromatic nitrogens is 3. The molecule has 3 aromatic rings. The number of carbonyl (C=O) groups is 3. The first kappa shape index (κ1) is 20.4. The summed E-state index contributed by atoms with van der Waals surface area (Å²) in [6.45, 7) is 1.48. The smallest absolute Gasteiger partial charge is 0.359 e. The number of fused-ring (bicyclic) bond motifs is 1. The van der Waals surface area contributed by atoms with E-state index in [1.54, 1.807) is 6.92 Å². The molecule has 3 heterocycles. The van der Waals surface area contributed by atoms with Gasteiger partial charge in [-0.1, -0.05) is 12.1 Å². The van der Waals surface area contributed by atoms with Crippen LogP contribution < -0.4 is 10.6 Å². The first-order valence-corrected chi connectivity index (χ1v) is 10.2. The number of urea groups is 1. The standard InChI is InChI=1S/C20H17N5O5S/c1-2-29-18(26)11-9-23-20(28)25-13(11)10-30-19(27)16-15(21-7-8-22-16)17-24-12-5-3-4-6-14(12)31-17/h3-8H,2,9-10H2,1H3,(H2,23,25,28). The fourth-order valence-electron chi connectivity index (χ4n) is 2.89. The van der Waals surface area contributed by atoms with E-state index in [9.17, 15) is 14.4 Å². The quantitative estimate of drug-likeness (QED) is 0.558. The zero-order chi connectivity index (χ0) is 21.8. The van der Waals surface area contributed by atoms with Crippen LogP contribution in [0.1, 0.15) is 17.4 Å². The molecule has 2 N–H and O–H groups in total. The SMILES string of the molecule is CCOC(=O)C1=C(COC(=O)c2nccnc2-c2nc3ccccc3s2)NC(=O)NC1. The van der Waals surface area contributed by atoms with Gasteiger partial charge in [-0.05, 0) is 19.1 Å². The van der Waals surface area contributed by atoms with Crippen LogP contribution >= 0.6 is 11.3 Å². The Morgan fingerprint density at radius 1 is 1.13 bits per heavy atom. The van der Waals surface area contributed by atoms with E-state index in [-0.39, 0.29) is 36.7 Å². The van der Waals surface area contributed by atoms with Gasteiger partial charge in [0.15, 0.2) is 5.69 Å². The van der Waals surface area contributed by atoms with E-state index in [4.69, 9.17) is 9.47 Å². The monoisotopic (exact) mass is 439 g/mol. The number of benzene rings is 1. The lowest BCUT2D eigenvalue weighted by Gasteiger charge is -2.21. The molecule has 1 aliphatic heterocycles. The Bertz CT molecular complexity index is 1170. The molecule has 10 nitrogen and oxygen atoms in total. The molecule has 2 aromatic heterocycles. The second kappa shape index (κ2) is 8.88. The van der Waals surface area contributed by atoms with E-state index in [0.717, 1.165) is 10.2 Å². The average molecular weight is 439 g/mol. The van der Waals surface area contributed by atoms with E-state index in [0.29, 0.717) is 10.7 Å². The van der Waals surface area contributed by atoms with Gasteiger partial charge in [0.05, 0.1) is 34.6 Å². The molecule has 0 atom stereocenters. The molecule has 0 saturated carbocycles. The number of amides is 2. The van der Waals surface area contributed by atoms with Crippen LogP contribution in [-0.2, 0) is 14.3 Å². The largest absolute Gasteiger partial charge is 0.463 e. The summed E-state index contributed by atoms with van der Waals surface area (Å²) in [6.07, 6.45) is 2.84. The number of esters is 2. The minimum atomic E-state index is -0.758. The van der Waals surface area contributed by atoms with Crippen LogP contribution in [0.25, 0.3) is 20.9 Å². The van der Waals surface area contributed by atoms with Gasteiger partial charge < -0.3 is 20.1 Å². The lowest BCUT2D eigenvalue weighted by Crippen LogP contribution is -2.45. The van der Waals surface area contributed by atoms with Gasteiger partial charge in [-0.2, -0.15) is 0 Å². The van der Waals surface area contributed by atoms with Gasteiger partial charge in [-0.15, -0.1) is 11.3 Å². The van der Waals surface area contributed by atoms with Crippen molar-refractivity contribution < 1.29 is 23.9 Å². The summed E-state index contributed by atoms with van der Waals surface area (Å²) < 4.78 is 11.3. The van der Waals surface area contributed by atoms with Gasteiger partial charge in [0, 0.05) is 12.4 Å². The predicted molar refractivity (Wildman–Crippen MR) is 111 cm³/mol. The molecule has 11 heteroatoms. The van der Waals surface area contributed by atoms with E-state index >= 15 is 0 Å². The Morgan fingerprint density at radius 3 is 2.74 bits per heavy atom. The number of nitrogens with zero attached hydrogens (tertiary/aromatic N) is 3. The van der Waals surface area contributed by atoms with Crippen molar-refractivity contribution in [2.24, 2.45) is 0 Å². The number of rotatable bonds is 6. The summed E-state index contributed by atoms with van der Waals surface area (Å²) >= 11 is 1.38. The van der Waals surface area contributed by atoms with E-state index < -0.39 is 18.0 Å². The summed E-state index contributed by atoms with van der Waals surface area (Å²) in [6, 6.07) is 7.06. The van der Waals surface area contributed by atoms with Crippen LogP contribution in [0.3, 0.4) is 0 Å². The maximum atomic E-state index is 12.8. The van der Waals surface area contributed by atoms with Crippen LogP contribution in [0.15, 0.2) is 47.9 Å². The molecule has 0 bridgehead atoms. The molecular formula is C20H17N5O5S. The zero-order valence-electron chi connectivity index (χ0n) is 16.4. The Labute approximate surface area is 180 Å². The van der Waals surface area contributed by atoms with Crippen molar-refractivity contribution in [3.05, 3.63) is 53.6 Å². The highest BCUT2D eigenvalue weighted by atomic mass is 32.1. The Hall–Kier alpha value is -3.86. The molecule has 0 radical (unpaired) electrons. The highest BCUT2D eigenvalue weighted by Gasteiger charge is 2.26. The second-order valence-electron chi connectivity index (χ2n) is 6.30. The first-order chi connectivity index (χ1) is 15.1. The van der Waals surface area contributed by atoms with Crippen LogP contribution in [-0.4, -0.2) is 52.7 Å². The van der Waals surface area contributed by atoms with Crippen LogP contribution in [0, 0.1) is 0 Å². The topological polar surface area (TPSA) is 132 Å². The fraction of sp³-hybridized carbons (Fsp3) is 0.200. The Kier molecular flexibility index (Phi) is 5.85. The summed E-state index contributed by atoms with van der Waals surface area (Å²) in [5, 5.41) is 5.50. The van der Waals surface area contributed by atoms with E-state index in [2.05, 4.69) is 25.6 Å². The second-order valence-corrected chi connectivity index (χ2v) is 7.33. The molecular weight excluding hydrogens is 422 g/mol. The molecule has 2 amide bonds. The summed E-state index contributed by atoms with van der Waals surface area (Å²) in [5.74, 6) is -1.36. The van der Waals surface area contributed by atoms with Crippen LogP contribution in [0.5, 0.6) is 0 Å². The molecule has 158 valence electrons. The van der Waals surface area contributed by atoms with Crippen molar-refractivity contribution in [2.75, 3.05) is 19.8 Å². The molecule has 0 unspecified atom stereocenters. The molecule has 1 aliphatic rings. The molecule has 0 saturated heterocycles. The number of thiazole rings is 1. The number of hydrogen-bond donors (Lipinski definition) is 2. The molecule has 0 fully saturated rings. The Morgan fingerprint density at radius 2 is 1.94 bits per heavy atom. The number of hydrogen-bond acceptors (Lipinski definition) is 9. The number of nitrogens with one attached hydrogen (secondary N) is 2. The van der Waals surface area contributed by atoms with Crippen molar-refractivity contribution in [3.63, 3.8) is 0 Å². The highest BCUT2D eigenvalue weighted by Crippen LogP contribution is 2.30. The molecule has 1 aromatic carbocycles. The maximum absolute atomic E-state index is 12.8. The summed E-state index contributed by atoms with van der Waals surface area (Å²) in [4.78, 5) is 49.4. The normalized spacial score (nSPS) is 13.5. The number of ether oxygens (including phenoxy) is 2. The van der Waals surface area contributed by atoms with E-state index in [1.165, 1.54) is 23.7 Å². The third kappa shape index (κ3) is 4.36. The van der Waals surface area contributed by atoms with Gasteiger partial charge in [0.2, 0.25) is 0 Å². The number of para-hydroxylation sites is 1. The summed E-state index contributed by atoms with van der Waals surface area (Å²) in [7, 11) is 0. The maximum Gasteiger partial charge on any atom is 0.359 e. The third-order valence-electron chi connectivity index (χ3n) is 4.31. The molecule has 4 rings (SSSR count). The van der Waals surface area contributed by atoms with Gasteiger partial charge >= 0.3 is 18.0 Å². The molecule has 0 spiro atoms. The van der Waals surface area contributed by atoms with Gasteiger partial charge in [-0.3, -0.25) is 0 Å². The first-order valence-electron chi connectivity index (χ1n) is 9.35.